The van der Waals surface area contributed by atoms with Crippen molar-refractivity contribution < 1.29 is 9.18 Å². The van der Waals surface area contributed by atoms with Crippen LogP contribution in [-0.4, -0.2) is 35.0 Å². The molecule has 0 spiro atoms. The maximum Gasteiger partial charge on any atom is 0.261 e. The summed E-state index contributed by atoms with van der Waals surface area (Å²) in [6, 6.07) is 8.05. The predicted molar refractivity (Wildman–Crippen MR) is 100 cm³/mol. The maximum atomic E-state index is 13.1. The minimum absolute atomic E-state index is 0.0763. The molecule has 3 heterocycles. The van der Waals surface area contributed by atoms with E-state index >= 15 is 0 Å². The molecule has 4 rings (SSSR count). The lowest BCUT2D eigenvalue weighted by Gasteiger charge is -2.23. The zero-order valence-corrected chi connectivity index (χ0v) is 14.8. The van der Waals surface area contributed by atoms with Gasteiger partial charge in [-0.1, -0.05) is 0 Å². The predicted octanol–water partition coefficient (Wildman–Crippen LogP) is 3.06. The number of carbonyl (C=O) groups is 1. The number of nitrogens with one attached hydrogen (secondary N) is 3. The van der Waals surface area contributed by atoms with Crippen LogP contribution < -0.4 is 16.0 Å². The van der Waals surface area contributed by atoms with Gasteiger partial charge in [-0.25, -0.2) is 14.4 Å². The fourth-order valence-electron chi connectivity index (χ4n) is 2.96. The van der Waals surface area contributed by atoms with Gasteiger partial charge in [0.25, 0.3) is 5.91 Å². The number of fused-ring (bicyclic) bond motifs is 1. The quantitative estimate of drug-likeness (QED) is 0.657. The van der Waals surface area contributed by atoms with Gasteiger partial charge in [0.2, 0.25) is 0 Å². The van der Waals surface area contributed by atoms with E-state index in [1.807, 2.05) is 6.07 Å². The second-order valence-corrected chi connectivity index (χ2v) is 7.21. The molecule has 1 saturated heterocycles. The van der Waals surface area contributed by atoms with Crippen molar-refractivity contribution in [3.63, 3.8) is 0 Å². The molecule has 0 aliphatic carbocycles. The second kappa shape index (κ2) is 7.35. The molecule has 3 aromatic rings. The van der Waals surface area contributed by atoms with Crippen molar-refractivity contribution in [2.75, 3.05) is 18.4 Å². The monoisotopic (exact) mass is 371 g/mol. The number of anilines is 2. The zero-order valence-electron chi connectivity index (χ0n) is 14.0. The molecular formula is C18H18FN5OS. The number of carbonyl (C=O) groups excluding carboxylic acids is 1. The largest absolute Gasteiger partial charge is 0.349 e. The number of benzene rings is 1. The normalized spacial score (nSPS) is 15.1. The Kier molecular flexibility index (Phi) is 4.77. The summed E-state index contributed by atoms with van der Waals surface area (Å²) in [5, 5.41) is 10.3. The molecule has 0 unspecified atom stereocenters. The van der Waals surface area contributed by atoms with Crippen LogP contribution in [0, 0.1) is 5.82 Å². The van der Waals surface area contributed by atoms with E-state index in [-0.39, 0.29) is 17.8 Å². The fraction of sp³-hybridized carbons (Fsp3) is 0.278. The smallest absolute Gasteiger partial charge is 0.261 e. The Balaban J connectivity index is 1.56. The van der Waals surface area contributed by atoms with Gasteiger partial charge in [0.05, 0.1) is 10.3 Å². The zero-order chi connectivity index (χ0) is 17.9. The molecule has 1 aromatic carbocycles. The average Bonchev–Trinajstić information content (AvgIpc) is 3.10. The summed E-state index contributed by atoms with van der Waals surface area (Å²) in [5.74, 6) is 0.224. The van der Waals surface area contributed by atoms with E-state index in [9.17, 15) is 9.18 Å². The number of thiophene rings is 1. The van der Waals surface area contributed by atoms with E-state index in [0.717, 1.165) is 41.8 Å². The summed E-state index contributed by atoms with van der Waals surface area (Å²) in [4.78, 5) is 22.4. The van der Waals surface area contributed by atoms with Crippen molar-refractivity contribution >= 4 is 39.0 Å². The maximum absolute atomic E-state index is 13.1. The minimum Gasteiger partial charge on any atom is -0.349 e. The Labute approximate surface area is 153 Å². The van der Waals surface area contributed by atoms with Crippen LogP contribution in [0.5, 0.6) is 0 Å². The van der Waals surface area contributed by atoms with E-state index in [2.05, 4.69) is 25.9 Å². The summed E-state index contributed by atoms with van der Waals surface area (Å²) >= 11 is 1.34. The SMILES string of the molecule is O=C(NC1CCNCC1)c1cc2c(Nc3ccc(F)cc3)ncnc2s1. The molecule has 1 fully saturated rings. The summed E-state index contributed by atoms with van der Waals surface area (Å²) in [6.07, 6.45) is 3.33. The molecule has 26 heavy (non-hydrogen) atoms. The third-order valence-electron chi connectivity index (χ3n) is 4.33. The Morgan fingerprint density at radius 3 is 2.73 bits per heavy atom. The highest BCUT2D eigenvalue weighted by Crippen LogP contribution is 2.30. The van der Waals surface area contributed by atoms with Gasteiger partial charge in [0, 0.05) is 11.7 Å². The molecule has 1 aliphatic rings. The summed E-state index contributed by atoms with van der Waals surface area (Å²) in [5.41, 5.74) is 0.721. The van der Waals surface area contributed by atoms with Gasteiger partial charge < -0.3 is 16.0 Å². The molecule has 2 aromatic heterocycles. The number of piperidine rings is 1. The molecule has 0 bridgehead atoms. The van der Waals surface area contributed by atoms with Gasteiger partial charge >= 0.3 is 0 Å². The lowest BCUT2D eigenvalue weighted by Crippen LogP contribution is -2.42. The molecule has 0 atom stereocenters. The molecule has 1 amide bonds. The Morgan fingerprint density at radius 1 is 1.19 bits per heavy atom. The molecule has 134 valence electrons. The van der Waals surface area contributed by atoms with Crippen LogP contribution in [0.25, 0.3) is 10.2 Å². The first-order valence-electron chi connectivity index (χ1n) is 8.48. The van der Waals surface area contributed by atoms with Crippen LogP contribution in [0.4, 0.5) is 15.9 Å². The van der Waals surface area contributed by atoms with Gasteiger partial charge in [-0.3, -0.25) is 4.79 Å². The standard InChI is InChI=1S/C18H18FN5OS/c19-11-1-3-12(4-2-11)23-16-14-9-15(26-18(14)22-10-21-16)17(25)24-13-5-7-20-8-6-13/h1-4,9-10,13,20H,5-8H2,(H,24,25)(H,21,22,23). The number of amides is 1. The van der Waals surface area contributed by atoms with Crippen molar-refractivity contribution in [2.45, 2.75) is 18.9 Å². The average molecular weight is 371 g/mol. The van der Waals surface area contributed by atoms with Crippen LogP contribution in [0.1, 0.15) is 22.5 Å². The number of nitrogens with zero attached hydrogens (tertiary/aromatic N) is 2. The summed E-state index contributed by atoms with van der Waals surface area (Å²) in [6.45, 7) is 1.85. The van der Waals surface area contributed by atoms with Gasteiger partial charge in [-0.2, -0.15) is 0 Å². The van der Waals surface area contributed by atoms with Crippen LogP contribution in [0.15, 0.2) is 36.7 Å². The molecular weight excluding hydrogens is 353 g/mol. The van der Waals surface area contributed by atoms with Crippen LogP contribution >= 0.6 is 11.3 Å². The topological polar surface area (TPSA) is 78.9 Å². The van der Waals surface area contributed by atoms with E-state index in [4.69, 9.17) is 0 Å². The second-order valence-electron chi connectivity index (χ2n) is 6.18. The molecule has 3 N–H and O–H groups in total. The highest BCUT2D eigenvalue weighted by atomic mass is 32.1. The van der Waals surface area contributed by atoms with Crippen molar-refractivity contribution in [2.24, 2.45) is 0 Å². The van der Waals surface area contributed by atoms with Crippen molar-refractivity contribution in [1.29, 1.82) is 0 Å². The van der Waals surface area contributed by atoms with Crippen LogP contribution in [-0.2, 0) is 0 Å². The van der Waals surface area contributed by atoms with Crippen molar-refractivity contribution in [3.8, 4) is 0 Å². The Morgan fingerprint density at radius 2 is 1.96 bits per heavy atom. The van der Waals surface area contributed by atoms with E-state index in [0.29, 0.717) is 10.7 Å². The molecule has 0 radical (unpaired) electrons. The minimum atomic E-state index is -0.296. The number of rotatable bonds is 4. The lowest BCUT2D eigenvalue weighted by molar-refractivity contribution is 0.0934. The van der Waals surface area contributed by atoms with E-state index < -0.39 is 0 Å². The van der Waals surface area contributed by atoms with Gasteiger partial charge in [0.1, 0.15) is 22.8 Å². The number of aromatic nitrogens is 2. The van der Waals surface area contributed by atoms with E-state index in [1.54, 1.807) is 12.1 Å². The first-order valence-corrected chi connectivity index (χ1v) is 9.29. The van der Waals surface area contributed by atoms with Gasteiger partial charge in [0.15, 0.2) is 0 Å². The van der Waals surface area contributed by atoms with Gasteiger partial charge in [-0.15, -0.1) is 11.3 Å². The van der Waals surface area contributed by atoms with Crippen LogP contribution in [0.3, 0.4) is 0 Å². The molecule has 0 saturated carbocycles. The fourth-order valence-corrected chi connectivity index (χ4v) is 3.86. The third kappa shape index (κ3) is 3.66. The first-order chi connectivity index (χ1) is 12.7. The third-order valence-corrected chi connectivity index (χ3v) is 5.38. The summed E-state index contributed by atoms with van der Waals surface area (Å²) in [7, 11) is 0. The molecule has 1 aliphatic heterocycles. The highest BCUT2D eigenvalue weighted by molar-refractivity contribution is 7.20. The molecule has 8 heteroatoms. The number of hydrogen-bond donors (Lipinski definition) is 3. The van der Waals surface area contributed by atoms with Crippen molar-refractivity contribution in [3.05, 3.63) is 47.4 Å². The highest BCUT2D eigenvalue weighted by Gasteiger charge is 2.19. The Bertz CT molecular complexity index is 921. The Hall–Kier alpha value is -2.58. The molecule has 6 nitrogen and oxygen atoms in total. The number of halogens is 1. The van der Waals surface area contributed by atoms with Crippen LogP contribution in [0.2, 0.25) is 0 Å². The van der Waals surface area contributed by atoms with Crippen molar-refractivity contribution in [1.82, 2.24) is 20.6 Å². The first kappa shape index (κ1) is 16.9. The van der Waals surface area contributed by atoms with E-state index in [1.165, 1.54) is 29.8 Å². The lowest BCUT2D eigenvalue weighted by atomic mass is 10.1. The summed E-state index contributed by atoms with van der Waals surface area (Å²) < 4.78 is 13.1. The van der Waals surface area contributed by atoms with Gasteiger partial charge in [-0.05, 0) is 56.3 Å². The number of hydrogen-bond acceptors (Lipinski definition) is 6.